The fourth-order valence-electron chi connectivity index (χ4n) is 2.41. The summed E-state index contributed by atoms with van der Waals surface area (Å²) < 4.78 is 76.7. The maximum absolute atomic E-state index is 12.9. The molecule has 0 bridgehead atoms. The van der Waals surface area contributed by atoms with Crippen LogP contribution in [0.4, 0.5) is 26.3 Å². The number of aromatic nitrogens is 1. The maximum atomic E-state index is 12.9. The molecule has 0 aromatic carbocycles. The van der Waals surface area contributed by atoms with E-state index in [0.717, 1.165) is 17.2 Å². The molecule has 0 unspecified atom stereocenters. The Morgan fingerprint density at radius 1 is 1.23 bits per heavy atom. The molecular weight excluding hydrogens is 314 g/mol. The van der Waals surface area contributed by atoms with Gasteiger partial charge in [0.2, 0.25) is 0 Å². The van der Waals surface area contributed by atoms with E-state index in [2.05, 4.69) is 4.98 Å². The number of halogens is 6. The summed E-state index contributed by atoms with van der Waals surface area (Å²) in [6, 6.07) is 0.877. The Morgan fingerprint density at radius 2 is 1.91 bits per heavy atom. The predicted octanol–water partition coefficient (Wildman–Crippen LogP) is 3.51. The van der Waals surface area contributed by atoms with Crippen molar-refractivity contribution in [3.8, 4) is 0 Å². The van der Waals surface area contributed by atoms with Gasteiger partial charge in [0.05, 0.1) is 17.0 Å². The Labute approximate surface area is 121 Å². The number of alkyl halides is 6. The lowest BCUT2D eigenvalue weighted by Crippen LogP contribution is -2.45. The Kier molecular flexibility index (Phi) is 4.35. The first-order valence-electron chi connectivity index (χ1n) is 6.48. The summed E-state index contributed by atoms with van der Waals surface area (Å²) in [7, 11) is 0. The van der Waals surface area contributed by atoms with E-state index in [1.807, 2.05) is 0 Å². The number of rotatable bonds is 1. The first-order valence-corrected chi connectivity index (χ1v) is 6.48. The van der Waals surface area contributed by atoms with Crippen LogP contribution in [0.3, 0.4) is 0 Å². The highest BCUT2D eigenvalue weighted by Gasteiger charge is 2.44. The monoisotopic (exact) mass is 326 g/mol. The molecule has 2 rings (SSSR count). The van der Waals surface area contributed by atoms with Gasteiger partial charge in [-0.05, 0) is 18.9 Å². The molecule has 1 saturated heterocycles. The molecule has 1 atom stereocenters. The van der Waals surface area contributed by atoms with Gasteiger partial charge in [0, 0.05) is 25.5 Å². The average Bonchev–Trinajstić information content (AvgIpc) is 2.45. The van der Waals surface area contributed by atoms with Crippen LogP contribution in [-0.2, 0) is 6.18 Å². The lowest BCUT2D eigenvalue weighted by atomic mass is 9.96. The van der Waals surface area contributed by atoms with Crippen molar-refractivity contribution in [2.45, 2.75) is 25.2 Å². The first kappa shape index (κ1) is 16.6. The largest absolute Gasteiger partial charge is 0.418 e. The van der Waals surface area contributed by atoms with Crippen molar-refractivity contribution in [1.29, 1.82) is 0 Å². The SMILES string of the molecule is O=C(c1ccncc1C(F)(F)F)N1CCC[C@@H](C(F)(F)F)C1. The van der Waals surface area contributed by atoms with Crippen LogP contribution in [0.15, 0.2) is 18.5 Å². The van der Waals surface area contributed by atoms with Crippen molar-refractivity contribution in [2.24, 2.45) is 5.92 Å². The summed E-state index contributed by atoms with van der Waals surface area (Å²) in [6.07, 6.45) is -7.79. The van der Waals surface area contributed by atoms with E-state index < -0.39 is 41.8 Å². The van der Waals surface area contributed by atoms with Crippen LogP contribution in [0.2, 0.25) is 0 Å². The number of pyridine rings is 1. The highest BCUT2D eigenvalue weighted by atomic mass is 19.4. The maximum Gasteiger partial charge on any atom is 0.418 e. The molecule has 0 N–H and O–H groups in total. The van der Waals surface area contributed by atoms with Crippen molar-refractivity contribution in [2.75, 3.05) is 13.1 Å². The molecule has 1 aliphatic rings. The summed E-state index contributed by atoms with van der Waals surface area (Å²) >= 11 is 0. The van der Waals surface area contributed by atoms with Crippen molar-refractivity contribution in [1.82, 2.24) is 9.88 Å². The minimum atomic E-state index is -4.79. The molecular formula is C13H12F6N2O. The van der Waals surface area contributed by atoms with E-state index in [4.69, 9.17) is 0 Å². The van der Waals surface area contributed by atoms with Gasteiger partial charge < -0.3 is 4.90 Å². The molecule has 9 heteroatoms. The van der Waals surface area contributed by atoms with E-state index in [9.17, 15) is 31.1 Å². The molecule has 2 heterocycles. The zero-order valence-electron chi connectivity index (χ0n) is 11.2. The highest BCUT2D eigenvalue weighted by molar-refractivity contribution is 5.95. The third-order valence-corrected chi connectivity index (χ3v) is 3.53. The molecule has 0 saturated carbocycles. The minimum Gasteiger partial charge on any atom is -0.338 e. The molecule has 0 aliphatic carbocycles. The number of carbonyl (C=O) groups excluding carboxylic acids is 1. The lowest BCUT2D eigenvalue weighted by Gasteiger charge is -2.34. The molecule has 1 amide bonds. The van der Waals surface area contributed by atoms with E-state index in [1.165, 1.54) is 0 Å². The predicted molar refractivity (Wildman–Crippen MR) is 63.9 cm³/mol. The van der Waals surface area contributed by atoms with Gasteiger partial charge in [0.1, 0.15) is 0 Å². The number of piperidine rings is 1. The van der Waals surface area contributed by atoms with Crippen LogP contribution < -0.4 is 0 Å². The van der Waals surface area contributed by atoms with Crippen molar-refractivity contribution in [3.63, 3.8) is 0 Å². The van der Waals surface area contributed by atoms with Crippen LogP contribution in [0.25, 0.3) is 0 Å². The van der Waals surface area contributed by atoms with Crippen molar-refractivity contribution < 1.29 is 31.1 Å². The second kappa shape index (κ2) is 5.77. The molecule has 1 aliphatic heterocycles. The average molecular weight is 326 g/mol. The zero-order chi connectivity index (χ0) is 16.5. The number of amides is 1. The standard InChI is InChI=1S/C13H12F6N2O/c14-12(15,16)8-2-1-5-21(7-8)11(22)9-3-4-20-6-10(9)13(17,18)19/h3-4,6,8H,1-2,5,7H2/t8-/m1/s1. The topological polar surface area (TPSA) is 33.2 Å². The molecule has 22 heavy (non-hydrogen) atoms. The fourth-order valence-corrected chi connectivity index (χ4v) is 2.41. The summed E-state index contributed by atoms with van der Waals surface area (Å²) in [5.41, 5.74) is -1.92. The van der Waals surface area contributed by atoms with Crippen LogP contribution in [-0.4, -0.2) is 35.1 Å². The van der Waals surface area contributed by atoms with Gasteiger partial charge in [0.15, 0.2) is 0 Å². The van der Waals surface area contributed by atoms with Gasteiger partial charge in [0.25, 0.3) is 5.91 Å². The molecule has 122 valence electrons. The van der Waals surface area contributed by atoms with E-state index in [0.29, 0.717) is 6.20 Å². The Bertz CT molecular complexity index is 554. The Morgan fingerprint density at radius 3 is 2.50 bits per heavy atom. The number of hydrogen-bond acceptors (Lipinski definition) is 2. The molecule has 3 nitrogen and oxygen atoms in total. The van der Waals surface area contributed by atoms with Crippen LogP contribution in [0.1, 0.15) is 28.8 Å². The highest BCUT2D eigenvalue weighted by Crippen LogP contribution is 2.35. The van der Waals surface area contributed by atoms with E-state index >= 15 is 0 Å². The molecule has 1 aromatic rings. The Balaban J connectivity index is 2.26. The number of nitrogens with zero attached hydrogens (tertiary/aromatic N) is 2. The minimum absolute atomic E-state index is 0.00499. The van der Waals surface area contributed by atoms with Crippen LogP contribution in [0.5, 0.6) is 0 Å². The summed E-state index contributed by atoms with van der Waals surface area (Å²) in [5, 5.41) is 0. The summed E-state index contributed by atoms with van der Waals surface area (Å²) in [5.74, 6) is -2.76. The Hall–Kier alpha value is -1.80. The number of carbonyl (C=O) groups is 1. The van der Waals surface area contributed by atoms with Gasteiger partial charge in [-0.15, -0.1) is 0 Å². The quantitative estimate of drug-likeness (QED) is 0.740. The van der Waals surface area contributed by atoms with Gasteiger partial charge in [-0.25, -0.2) is 0 Å². The molecule has 0 radical (unpaired) electrons. The van der Waals surface area contributed by atoms with Crippen molar-refractivity contribution in [3.05, 3.63) is 29.6 Å². The third kappa shape index (κ3) is 3.50. The number of likely N-dealkylation sites (tertiary alicyclic amines) is 1. The fraction of sp³-hybridized carbons (Fsp3) is 0.538. The van der Waals surface area contributed by atoms with E-state index in [-0.39, 0.29) is 19.4 Å². The van der Waals surface area contributed by atoms with Gasteiger partial charge in [-0.1, -0.05) is 0 Å². The normalized spacial score (nSPS) is 20.1. The zero-order valence-corrected chi connectivity index (χ0v) is 11.2. The summed E-state index contributed by atoms with van der Waals surface area (Å²) in [4.78, 5) is 16.3. The second-order valence-electron chi connectivity index (χ2n) is 5.05. The third-order valence-electron chi connectivity index (χ3n) is 3.53. The smallest absolute Gasteiger partial charge is 0.338 e. The van der Waals surface area contributed by atoms with Crippen molar-refractivity contribution >= 4 is 5.91 Å². The van der Waals surface area contributed by atoms with Gasteiger partial charge in [-0.2, -0.15) is 26.3 Å². The number of hydrogen-bond donors (Lipinski definition) is 0. The molecule has 0 spiro atoms. The van der Waals surface area contributed by atoms with Gasteiger partial charge >= 0.3 is 12.4 Å². The summed E-state index contributed by atoms with van der Waals surface area (Å²) in [6.45, 7) is -0.618. The second-order valence-corrected chi connectivity index (χ2v) is 5.05. The van der Waals surface area contributed by atoms with Gasteiger partial charge in [-0.3, -0.25) is 9.78 Å². The molecule has 1 fully saturated rings. The first-order chi connectivity index (χ1) is 10.1. The lowest BCUT2D eigenvalue weighted by molar-refractivity contribution is -0.184. The van der Waals surface area contributed by atoms with Crippen LogP contribution in [0, 0.1) is 5.92 Å². The van der Waals surface area contributed by atoms with Crippen LogP contribution >= 0.6 is 0 Å². The van der Waals surface area contributed by atoms with E-state index in [1.54, 1.807) is 0 Å². The molecule has 1 aromatic heterocycles.